The monoisotopic (exact) mass is 771 g/mol. The Balaban J connectivity index is 1.78. The highest BCUT2D eigenvalue weighted by Crippen LogP contribution is 2.45. The Bertz CT molecular complexity index is 1300. The van der Waals surface area contributed by atoms with Gasteiger partial charge in [-0.2, -0.15) is 0 Å². The Morgan fingerprint density at radius 1 is 0.727 bits per heavy atom. The Kier molecular flexibility index (Phi) is 21.4. The molecular weight excluding hydrogens is 685 g/mol. The van der Waals surface area contributed by atoms with Gasteiger partial charge in [0.05, 0.1) is 25.0 Å². The van der Waals surface area contributed by atoms with Gasteiger partial charge in [-0.15, -0.1) is 0 Å². The molecule has 0 saturated heterocycles. The summed E-state index contributed by atoms with van der Waals surface area (Å²) in [6, 6.07) is 0. The molecule has 0 aromatic heterocycles. The molecule has 6 nitrogen and oxygen atoms in total. The Morgan fingerprint density at radius 2 is 1.29 bits per heavy atom. The maximum Gasteiger partial charge on any atom is 0.311 e. The first-order chi connectivity index (χ1) is 25.8. The van der Waals surface area contributed by atoms with Crippen molar-refractivity contribution < 1.29 is 28.5 Å². The topological polar surface area (TPSA) is 71.1 Å². The number of hydrogen-bond acceptors (Lipinski definition) is 6. The maximum absolute atomic E-state index is 13.0. The van der Waals surface area contributed by atoms with Crippen LogP contribution in [0.4, 0.5) is 0 Å². The van der Waals surface area contributed by atoms with Crippen LogP contribution in [0.5, 0.6) is 11.5 Å². The molecule has 1 aromatic rings. The molecule has 1 aliphatic rings. The molecule has 0 saturated carbocycles. The third kappa shape index (κ3) is 18.4. The minimum atomic E-state index is -0.417. The summed E-state index contributed by atoms with van der Waals surface area (Å²) in [5.41, 5.74) is 3.74. The maximum atomic E-state index is 13.0. The van der Waals surface area contributed by atoms with Crippen molar-refractivity contribution in [2.45, 2.75) is 230 Å². The second-order valence-electron chi connectivity index (χ2n) is 19.5. The number of carbonyl (C=O) groups excluding carboxylic acids is 2. The van der Waals surface area contributed by atoms with Gasteiger partial charge in [0.1, 0.15) is 17.1 Å². The molecule has 2 rings (SSSR count). The number of ether oxygens (including phenoxy) is 4. The molecule has 0 amide bonds. The average molecular weight is 771 g/mol. The molecule has 6 heteroatoms. The fourth-order valence-corrected chi connectivity index (χ4v) is 8.02. The van der Waals surface area contributed by atoms with Gasteiger partial charge in [-0.3, -0.25) is 9.59 Å². The third-order valence-electron chi connectivity index (χ3n) is 12.7. The quantitative estimate of drug-likeness (QED) is 0.0504. The largest absolute Gasteiger partial charge is 0.487 e. The van der Waals surface area contributed by atoms with Gasteiger partial charge >= 0.3 is 11.9 Å². The smallest absolute Gasteiger partial charge is 0.311 e. The van der Waals surface area contributed by atoms with E-state index in [-0.39, 0.29) is 42.0 Å². The van der Waals surface area contributed by atoms with Crippen LogP contribution >= 0.6 is 0 Å². The third-order valence-corrected chi connectivity index (χ3v) is 12.7. The molecule has 1 heterocycles. The van der Waals surface area contributed by atoms with Crippen LogP contribution in [0.15, 0.2) is 0 Å². The summed E-state index contributed by atoms with van der Waals surface area (Å²) in [7, 11) is 0. The average Bonchev–Trinajstić information content (AvgIpc) is 3.11. The highest BCUT2D eigenvalue weighted by molar-refractivity contribution is 5.80. The van der Waals surface area contributed by atoms with E-state index in [1.54, 1.807) is 0 Å². The number of unbranched alkanes of at least 4 members (excludes halogenated alkanes) is 2. The Morgan fingerprint density at radius 3 is 1.85 bits per heavy atom. The first kappa shape index (κ1) is 49.1. The van der Waals surface area contributed by atoms with E-state index in [1.165, 1.54) is 77.0 Å². The van der Waals surface area contributed by atoms with Crippen molar-refractivity contribution in [1.82, 2.24) is 0 Å². The van der Waals surface area contributed by atoms with Gasteiger partial charge < -0.3 is 18.9 Å². The van der Waals surface area contributed by atoms with Gasteiger partial charge in [-0.05, 0) is 113 Å². The van der Waals surface area contributed by atoms with Crippen LogP contribution < -0.4 is 9.47 Å². The van der Waals surface area contributed by atoms with Crippen LogP contribution in [0.25, 0.3) is 0 Å². The van der Waals surface area contributed by atoms with E-state index in [1.807, 2.05) is 13.8 Å². The van der Waals surface area contributed by atoms with Crippen LogP contribution in [0, 0.1) is 43.9 Å². The molecule has 55 heavy (non-hydrogen) atoms. The molecular formula is C49H86O6. The van der Waals surface area contributed by atoms with E-state index in [0.717, 1.165) is 77.9 Å². The molecule has 5 atom stereocenters. The second-order valence-corrected chi connectivity index (χ2v) is 19.5. The summed E-state index contributed by atoms with van der Waals surface area (Å²) < 4.78 is 24.4. The lowest BCUT2D eigenvalue weighted by atomic mass is 9.83. The van der Waals surface area contributed by atoms with E-state index >= 15 is 0 Å². The summed E-state index contributed by atoms with van der Waals surface area (Å²) in [5.74, 6) is 3.24. The number of carbonyl (C=O) groups is 2. The van der Waals surface area contributed by atoms with E-state index in [9.17, 15) is 9.59 Å². The molecule has 1 aliphatic heterocycles. The second kappa shape index (κ2) is 24.0. The summed E-state index contributed by atoms with van der Waals surface area (Å²) in [6.45, 7) is 29.7. The van der Waals surface area contributed by atoms with Crippen LogP contribution in [-0.2, 0) is 25.5 Å². The number of hydrogen-bond donors (Lipinski definition) is 0. The van der Waals surface area contributed by atoms with Gasteiger partial charge in [0, 0.05) is 18.6 Å². The number of benzene rings is 1. The number of esters is 2. The fraction of sp³-hybridized carbons (Fsp3) is 0.837. The molecule has 0 bridgehead atoms. The van der Waals surface area contributed by atoms with Crippen molar-refractivity contribution in [2.75, 3.05) is 13.2 Å². The van der Waals surface area contributed by atoms with Crippen LogP contribution in [0.3, 0.4) is 0 Å². The molecule has 0 fully saturated rings. The lowest BCUT2D eigenvalue weighted by Crippen LogP contribution is -2.37. The van der Waals surface area contributed by atoms with Gasteiger partial charge in [0.15, 0.2) is 0 Å². The highest BCUT2D eigenvalue weighted by atomic mass is 16.5. The molecule has 5 unspecified atom stereocenters. The zero-order valence-corrected chi connectivity index (χ0v) is 38.2. The molecule has 0 radical (unpaired) electrons. The van der Waals surface area contributed by atoms with Crippen molar-refractivity contribution in [1.29, 1.82) is 0 Å². The van der Waals surface area contributed by atoms with Crippen molar-refractivity contribution in [2.24, 2.45) is 23.2 Å². The van der Waals surface area contributed by atoms with Crippen LogP contribution in [0.1, 0.15) is 213 Å². The van der Waals surface area contributed by atoms with E-state index in [0.29, 0.717) is 18.8 Å². The lowest BCUT2D eigenvalue weighted by molar-refractivity contribution is -0.149. The SMILES string of the molecule is CCCCCC(C)CCCC(C)CCCC(C)CCCC1(C)CCc2c(C)c(OC(=O)CCC(=O)OCCC(C)(CC)OCCC(C)(C)C)c(C)c(C)c2O1. The first-order valence-corrected chi connectivity index (χ1v) is 22.6. The van der Waals surface area contributed by atoms with Gasteiger partial charge in [-0.1, -0.05) is 126 Å². The Labute approximate surface area is 339 Å². The number of rotatable bonds is 27. The highest BCUT2D eigenvalue weighted by Gasteiger charge is 2.35. The summed E-state index contributed by atoms with van der Waals surface area (Å²) >= 11 is 0. The lowest BCUT2D eigenvalue weighted by Gasteiger charge is -2.38. The van der Waals surface area contributed by atoms with E-state index in [2.05, 4.69) is 76.2 Å². The van der Waals surface area contributed by atoms with Crippen molar-refractivity contribution >= 4 is 11.9 Å². The Hall–Kier alpha value is -2.08. The van der Waals surface area contributed by atoms with Crippen LogP contribution in [-0.4, -0.2) is 36.4 Å². The van der Waals surface area contributed by atoms with Gasteiger partial charge in [0.25, 0.3) is 0 Å². The summed E-state index contributed by atoms with van der Waals surface area (Å²) in [4.78, 5) is 25.5. The number of fused-ring (bicyclic) bond motifs is 1. The van der Waals surface area contributed by atoms with Crippen molar-refractivity contribution in [3.05, 3.63) is 22.3 Å². The van der Waals surface area contributed by atoms with Crippen molar-refractivity contribution in [3.8, 4) is 11.5 Å². The van der Waals surface area contributed by atoms with Crippen molar-refractivity contribution in [3.63, 3.8) is 0 Å². The molecule has 0 N–H and O–H groups in total. The zero-order chi connectivity index (χ0) is 41.2. The van der Waals surface area contributed by atoms with E-state index in [4.69, 9.17) is 18.9 Å². The van der Waals surface area contributed by atoms with Crippen LogP contribution in [0.2, 0.25) is 0 Å². The normalized spacial score (nSPS) is 18.5. The minimum Gasteiger partial charge on any atom is -0.487 e. The molecule has 0 aliphatic carbocycles. The van der Waals surface area contributed by atoms with Gasteiger partial charge in [-0.25, -0.2) is 0 Å². The predicted molar refractivity (Wildman–Crippen MR) is 230 cm³/mol. The zero-order valence-electron chi connectivity index (χ0n) is 38.2. The molecule has 318 valence electrons. The minimum absolute atomic E-state index is 0.00746. The fourth-order valence-electron chi connectivity index (χ4n) is 8.02. The molecule has 1 aromatic carbocycles. The standard InChI is InChI=1S/C49H86O6/c1-14-16-17-21-36(3)22-18-23-37(4)24-19-25-38(5)26-20-30-49(13)31-29-42-41(8)45(39(6)40(7)46(42)55-49)54-44(51)28-27-43(50)52-34-33-48(12,15-2)53-35-32-47(9,10)11/h36-38H,14-35H2,1-13H3. The summed E-state index contributed by atoms with van der Waals surface area (Å²) in [6.07, 6.45) is 21.5. The first-order valence-electron chi connectivity index (χ1n) is 22.6. The molecule has 0 spiro atoms. The van der Waals surface area contributed by atoms with Gasteiger partial charge in [0.2, 0.25) is 0 Å². The summed E-state index contributed by atoms with van der Waals surface area (Å²) in [5, 5.41) is 0. The van der Waals surface area contributed by atoms with E-state index < -0.39 is 5.97 Å². The predicted octanol–water partition coefficient (Wildman–Crippen LogP) is 13.9.